The Hall–Kier alpha value is -0.870. The van der Waals surface area contributed by atoms with Gasteiger partial charge in [-0.3, -0.25) is 0 Å². The smallest absolute Gasteiger partial charge is 0.193 e. The van der Waals surface area contributed by atoms with Gasteiger partial charge in [0.25, 0.3) is 0 Å². The van der Waals surface area contributed by atoms with E-state index in [1.807, 2.05) is 0 Å². The predicted molar refractivity (Wildman–Crippen MR) is 75.1 cm³/mol. The van der Waals surface area contributed by atoms with Crippen molar-refractivity contribution in [3.05, 3.63) is 18.4 Å². The van der Waals surface area contributed by atoms with Crippen LogP contribution < -0.4 is 5.32 Å². The molecule has 1 atom stereocenters. The lowest BCUT2D eigenvalue weighted by Gasteiger charge is -2.38. The molecule has 0 spiro atoms. The average molecular weight is 266 g/mol. The van der Waals surface area contributed by atoms with Crippen molar-refractivity contribution in [2.45, 2.75) is 57.5 Å². The second-order valence-corrected chi connectivity index (χ2v) is 5.44. The molecule has 0 aromatic carbocycles. The topological polar surface area (TPSA) is 47.3 Å². The average Bonchev–Trinajstić information content (AvgIpc) is 2.93. The zero-order chi connectivity index (χ0) is 13.4. The van der Waals surface area contributed by atoms with Crippen LogP contribution in [0.3, 0.4) is 0 Å². The van der Waals surface area contributed by atoms with Crippen LogP contribution in [0.5, 0.6) is 0 Å². The highest BCUT2D eigenvalue weighted by molar-refractivity contribution is 4.88. The summed E-state index contributed by atoms with van der Waals surface area (Å²) in [5.41, 5.74) is 0.0417. The molecule has 2 rings (SSSR count). The van der Waals surface area contributed by atoms with Gasteiger partial charge < -0.3 is 14.5 Å². The van der Waals surface area contributed by atoms with Gasteiger partial charge in [0, 0.05) is 19.5 Å². The zero-order valence-corrected chi connectivity index (χ0v) is 12.0. The molecule has 1 N–H and O–H groups in total. The number of aromatic nitrogens is 1. The molecule has 0 radical (unpaired) electrons. The highest BCUT2D eigenvalue weighted by Gasteiger charge is 2.32. The minimum Gasteiger partial charge on any atom is -0.449 e. The van der Waals surface area contributed by atoms with E-state index >= 15 is 0 Å². The maximum Gasteiger partial charge on any atom is 0.193 e. The van der Waals surface area contributed by atoms with Crippen molar-refractivity contribution in [3.63, 3.8) is 0 Å². The number of aryl methyl sites for hydroxylation is 1. The summed E-state index contributed by atoms with van der Waals surface area (Å²) < 4.78 is 11.4. The van der Waals surface area contributed by atoms with E-state index in [9.17, 15) is 0 Å². The van der Waals surface area contributed by atoms with Crippen molar-refractivity contribution in [1.29, 1.82) is 0 Å². The lowest BCUT2D eigenvalue weighted by Crippen LogP contribution is -2.49. The summed E-state index contributed by atoms with van der Waals surface area (Å²) in [5.74, 6) is 0.840. The standard InChI is InChI=1S/C15H26N2O2/c1-2-3-4-7-15(13-16-9-12-19-15)8-5-6-14-17-10-11-18-14/h10-11,16H,2-9,12-13H2,1H3. The number of unbranched alkanes of at least 4 members (excludes halogenated alkanes) is 2. The van der Waals surface area contributed by atoms with Crippen molar-refractivity contribution >= 4 is 0 Å². The van der Waals surface area contributed by atoms with Crippen LogP contribution in [0, 0.1) is 0 Å². The van der Waals surface area contributed by atoms with Crippen molar-refractivity contribution in [2.75, 3.05) is 19.7 Å². The maximum atomic E-state index is 6.12. The van der Waals surface area contributed by atoms with Crippen LogP contribution in [-0.4, -0.2) is 30.3 Å². The number of nitrogens with one attached hydrogen (secondary N) is 1. The first-order valence-electron chi connectivity index (χ1n) is 7.58. The van der Waals surface area contributed by atoms with Crippen LogP contribution in [0.2, 0.25) is 0 Å². The summed E-state index contributed by atoms with van der Waals surface area (Å²) in [4.78, 5) is 4.17. The Kier molecular flexibility index (Phi) is 5.86. The fraction of sp³-hybridized carbons (Fsp3) is 0.800. The number of hydrogen-bond donors (Lipinski definition) is 1. The molecule has 0 amide bonds. The molecule has 1 fully saturated rings. The highest BCUT2D eigenvalue weighted by Crippen LogP contribution is 2.27. The van der Waals surface area contributed by atoms with Gasteiger partial charge in [-0.05, 0) is 19.3 Å². The van der Waals surface area contributed by atoms with Crippen LogP contribution in [0.15, 0.2) is 16.9 Å². The van der Waals surface area contributed by atoms with E-state index in [1.54, 1.807) is 12.5 Å². The molecule has 1 aliphatic rings. The summed E-state index contributed by atoms with van der Waals surface area (Å²) in [6.07, 6.45) is 11.4. The monoisotopic (exact) mass is 266 g/mol. The third-order valence-electron chi connectivity index (χ3n) is 3.88. The molecule has 19 heavy (non-hydrogen) atoms. The highest BCUT2D eigenvalue weighted by atomic mass is 16.5. The minimum atomic E-state index is 0.0417. The molecule has 1 aromatic rings. The Labute approximate surface area is 115 Å². The fourth-order valence-electron chi connectivity index (χ4n) is 2.79. The third-order valence-corrected chi connectivity index (χ3v) is 3.88. The Morgan fingerprint density at radius 2 is 2.21 bits per heavy atom. The number of nitrogens with zero attached hydrogens (tertiary/aromatic N) is 1. The van der Waals surface area contributed by atoms with Gasteiger partial charge in [-0.15, -0.1) is 0 Å². The number of hydrogen-bond acceptors (Lipinski definition) is 4. The van der Waals surface area contributed by atoms with Gasteiger partial charge in [0.1, 0.15) is 6.26 Å². The van der Waals surface area contributed by atoms with E-state index in [0.717, 1.165) is 44.8 Å². The van der Waals surface area contributed by atoms with Crippen molar-refractivity contribution < 1.29 is 9.15 Å². The molecule has 1 saturated heterocycles. The summed E-state index contributed by atoms with van der Waals surface area (Å²) in [7, 11) is 0. The van der Waals surface area contributed by atoms with E-state index in [4.69, 9.17) is 9.15 Å². The molecule has 0 saturated carbocycles. The molecular formula is C15H26N2O2. The normalized spacial score (nSPS) is 23.6. The lowest BCUT2D eigenvalue weighted by molar-refractivity contribution is -0.0788. The zero-order valence-electron chi connectivity index (χ0n) is 12.0. The lowest BCUT2D eigenvalue weighted by atomic mass is 9.89. The van der Waals surface area contributed by atoms with Crippen LogP contribution in [0.1, 0.15) is 51.3 Å². The molecule has 4 nitrogen and oxygen atoms in total. The molecule has 1 aromatic heterocycles. The number of ether oxygens (including phenoxy) is 1. The first kappa shape index (κ1) is 14.5. The van der Waals surface area contributed by atoms with Gasteiger partial charge in [0.2, 0.25) is 0 Å². The van der Waals surface area contributed by atoms with Gasteiger partial charge in [0.05, 0.1) is 18.4 Å². The number of oxazole rings is 1. The van der Waals surface area contributed by atoms with Gasteiger partial charge >= 0.3 is 0 Å². The number of rotatable bonds is 8. The summed E-state index contributed by atoms with van der Waals surface area (Å²) >= 11 is 0. The molecular weight excluding hydrogens is 240 g/mol. The quantitative estimate of drug-likeness (QED) is 0.735. The second kappa shape index (κ2) is 7.65. The van der Waals surface area contributed by atoms with E-state index < -0.39 is 0 Å². The van der Waals surface area contributed by atoms with E-state index in [1.165, 1.54) is 25.7 Å². The Bertz CT molecular complexity index is 332. The third kappa shape index (κ3) is 4.62. The Balaban J connectivity index is 1.79. The molecule has 2 heterocycles. The predicted octanol–water partition coefficient (Wildman–Crippen LogP) is 2.94. The second-order valence-electron chi connectivity index (χ2n) is 5.44. The van der Waals surface area contributed by atoms with Gasteiger partial charge in [0.15, 0.2) is 5.89 Å². The SMILES string of the molecule is CCCCCC1(CCCc2ncco2)CNCCO1. The first-order valence-corrected chi connectivity index (χ1v) is 7.58. The minimum absolute atomic E-state index is 0.0417. The van der Waals surface area contributed by atoms with E-state index in [0.29, 0.717) is 0 Å². The molecule has 0 bridgehead atoms. The van der Waals surface area contributed by atoms with Crippen LogP contribution in [0.4, 0.5) is 0 Å². The van der Waals surface area contributed by atoms with E-state index in [2.05, 4.69) is 17.2 Å². The van der Waals surface area contributed by atoms with Crippen molar-refractivity contribution in [3.8, 4) is 0 Å². The fourth-order valence-corrected chi connectivity index (χ4v) is 2.79. The molecule has 1 aliphatic heterocycles. The number of morpholine rings is 1. The molecule has 1 unspecified atom stereocenters. The molecule has 4 heteroatoms. The van der Waals surface area contributed by atoms with Gasteiger partial charge in [-0.1, -0.05) is 26.2 Å². The maximum absolute atomic E-state index is 6.12. The van der Waals surface area contributed by atoms with Gasteiger partial charge in [-0.25, -0.2) is 4.98 Å². The van der Waals surface area contributed by atoms with E-state index in [-0.39, 0.29) is 5.60 Å². The van der Waals surface area contributed by atoms with Crippen molar-refractivity contribution in [1.82, 2.24) is 10.3 Å². The van der Waals surface area contributed by atoms with Gasteiger partial charge in [-0.2, -0.15) is 0 Å². The Morgan fingerprint density at radius 3 is 2.89 bits per heavy atom. The summed E-state index contributed by atoms with van der Waals surface area (Å²) in [5, 5.41) is 3.48. The molecule has 108 valence electrons. The first-order chi connectivity index (χ1) is 9.35. The summed E-state index contributed by atoms with van der Waals surface area (Å²) in [6, 6.07) is 0. The summed E-state index contributed by atoms with van der Waals surface area (Å²) in [6.45, 7) is 5.05. The van der Waals surface area contributed by atoms with Crippen LogP contribution in [-0.2, 0) is 11.2 Å². The largest absolute Gasteiger partial charge is 0.449 e. The molecule has 0 aliphatic carbocycles. The van der Waals surface area contributed by atoms with Crippen molar-refractivity contribution in [2.24, 2.45) is 0 Å². The van der Waals surface area contributed by atoms with Crippen LogP contribution in [0.25, 0.3) is 0 Å². The Morgan fingerprint density at radius 1 is 1.32 bits per heavy atom. The van der Waals surface area contributed by atoms with Crippen LogP contribution >= 0.6 is 0 Å².